The number of nitrogens with zero attached hydrogens (tertiary/aromatic N) is 1. The third-order valence-corrected chi connectivity index (χ3v) is 4.55. The van der Waals surface area contributed by atoms with Gasteiger partial charge >= 0.3 is 0 Å². The summed E-state index contributed by atoms with van der Waals surface area (Å²) < 4.78 is 34.0. The number of benzene rings is 2. The Morgan fingerprint density at radius 1 is 1.11 bits per heavy atom. The molecule has 2 aromatic rings. The molecule has 0 N–H and O–H groups in total. The minimum absolute atomic E-state index is 0.0331. The molecule has 1 aliphatic rings. The van der Waals surface area contributed by atoms with Crippen LogP contribution in [-0.4, -0.2) is 18.9 Å². The van der Waals surface area contributed by atoms with Crippen molar-refractivity contribution in [2.24, 2.45) is 0 Å². The Kier molecular flexibility index (Phi) is 4.83. The number of hydrogen-bond donors (Lipinski definition) is 0. The molecule has 27 heavy (non-hydrogen) atoms. The predicted octanol–water partition coefficient (Wildman–Crippen LogP) is 4.50. The van der Waals surface area contributed by atoms with Gasteiger partial charge in [0.15, 0.2) is 0 Å². The molecule has 0 atom stereocenters. The molecule has 3 rings (SSSR count). The Labute approximate surface area is 156 Å². The maximum atomic E-state index is 14.4. The average molecular weight is 371 g/mol. The molecule has 0 aromatic heterocycles. The Bertz CT molecular complexity index is 959. The second-order valence-corrected chi connectivity index (χ2v) is 6.60. The van der Waals surface area contributed by atoms with E-state index in [0.29, 0.717) is 11.3 Å². The van der Waals surface area contributed by atoms with Crippen molar-refractivity contribution in [2.45, 2.75) is 26.7 Å². The molecule has 4 nitrogen and oxygen atoms in total. The van der Waals surface area contributed by atoms with Crippen molar-refractivity contribution in [1.29, 1.82) is 0 Å². The molecule has 0 radical (unpaired) electrons. The van der Waals surface area contributed by atoms with E-state index in [-0.39, 0.29) is 17.3 Å². The highest BCUT2D eigenvalue weighted by atomic mass is 19.1. The van der Waals surface area contributed by atoms with Gasteiger partial charge in [0.2, 0.25) is 5.91 Å². The van der Waals surface area contributed by atoms with Gasteiger partial charge in [-0.3, -0.25) is 9.59 Å². The van der Waals surface area contributed by atoms with Gasteiger partial charge in [0.05, 0.1) is 23.9 Å². The summed E-state index contributed by atoms with van der Waals surface area (Å²) in [7, 11) is 1.24. The largest absolute Gasteiger partial charge is 0.495 e. The maximum absolute atomic E-state index is 14.4. The minimum atomic E-state index is -0.852. The number of carbonyl (C=O) groups is 2. The van der Waals surface area contributed by atoms with E-state index >= 15 is 0 Å². The van der Waals surface area contributed by atoms with Crippen LogP contribution in [0.3, 0.4) is 0 Å². The lowest BCUT2D eigenvalue weighted by Crippen LogP contribution is -2.31. The van der Waals surface area contributed by atoms with Crippen LogP contribution in [0.1, 0.15) is 43.4 Å². The van der Waals surface area contributed by atoms with Crippen LogP contribution in [0.4, 0.5) is 14.5 Å². The third kappa shape index (κ3) is 3.01. The van der Waals surface area contributed by atoms with E-state index in [9.17, 15) is 18.4 Å². The molecule has 0 saturated carbocycles. The summed E-state index contributed by atoms with van der Waals surface area (Å²) in [5.41, 5.74) is 1.25. The zero-order chi connectivity index (χ0) is 19.9. The maximum Gasteiger partial charge on any atom is 0.269 e. The van der Waals surface area contributed by atoms with Gasteiger partial charge in [-0.25, -0.2) is 13.7 Å². The summed E-state index contributed by atoms with van der Waals surface area (Å²) in [6.45, 7) is 5.23. The smallest absolute Gasteiger partial charge is 0.269 e. The molecule has 1 aliphatic heterocycles. The Morgan fingerprint density at radius 3 is 2.26 bits per heavy atom. The molecule has 0 saturated heterocycles. The zero-order valence-corrected chi connectivity index (χ0v) is 15.5. The molecule has 0 spiro atoms. The molecule has 0 fully saturated rings. The molecule has 140 valence electrons. The summed E-state index contributed by atoms with van der Waals surface area (Å²) in [4.78, 5) is 26.1. The standard InChI is InChI=1S/C21H19F2NO3/c1-11(2)13-8-9-17-14(10-13)18(21(26)24(17)12(3)25)20(27-4)19-15(22)6-5-7-16(19)23/h5-11H,1-4H3/b20-18-. The van der Waals surface area contributed by atoms with Gasteiger partial charge in [0, 0.05) is 12.5 Å². The van der Waals surface area contributed by atoms with Crippen molar-refractivity contribution in [3.05, 3.63) is 64.7 Å². The minimum Gasteiger partial charge on any atom is -0.495 e. The highest BCUT2D eigenvalue weighted by Crippen LogP contribution is 2.43. The lowest BCUT2D eigenvalue weighted by molar-refractivity contribution is -0.122. The molecular formula is C21H19F2NO3. The van der Waals surface area contributed by atoms with Crippen molar-refractivity contribution in [3.8, 4) is 0 Å². The first-order valence-corrected chi connectivity index (χ1v) is 8.49. The van der Waals surface area contributed by atoms with Gasteiger partial charge in [0.25, 0.3) is 5.91 Å². The summed E-state index contributed by atoms with van der Waals surface area (Å²) in [6.07, 6.45) is 0. The number of carbonyl (C=O) groups excluding carboxylic acids is 2. The van der Waals surface area contributed by atoms with E-state index < -0.39 is 29.0 Å². The molecule has 0 aliphatic carbocycles. The normalized spacial score (nSPS) is 15.2. The zero-order valence-electron chi connectivity index (χ0n) is 15.5. The molecule has 0 unspecified atom stereocenters. The van der Waals surface area contributed by atoms with E-state index in [2.05, 4.69) is 0 Å². The summed E-state index contributed by atoms with van der Waals surface area (Å²) in [5.74, 6) is -2.93. The van der Waals surface area contributed by atoms with Crippen LogP contribution in [0, 0.1) is 11.6 Å². The van der Waals surface area contributed by atoms with Crippen LogP contribution in [0.2, 0.25) is 0 Å². The van der Waals surface area contributed by atoms with Gasteiger partial charge in [-0.05, 0) is 35.7 Å². The number of halogens is 2. The third-order valence-electron chi connectivity index (χ3n) is 4.55. The number of methoxy groups -OCH3 is 1. The second kappa shape index (κ2) is 6.95. The lowest BCUT2D eigenvalue weighted by Gasteiger charge is -2.13. The number of rotatable bonds is 3. The van der Waals surface area contributed by atoms with Crippen LogP contribution in [-0.2, 0) is 14.3 Å². The number of fused-ring (bicyclic) bond motifs is 1. The van der Waals surface area contributed by atoms with E-state index in [4.69, 9.17) is 4.74 Å². The first-order chi connectivity index (χ1) is 12.8. The Hall–Kier alpha value is -3.02. The number of imide groups is 1. The number of amides is 2. The number of anilines is 1. The van der Waals surface area contributed by atoms with Crippen LogP contribution in [0.15, 0.2) is 36.4 Å². The van der Waals surface area contributed by atoms with Crippen LogP contribution in [0.25, 0.3) is 11.3 Å². The van der Waals surface area contributed by atoms with Crippen molar-refractivity contribution in [3.63, 3.8) is 0 Å². The second-order valence-electron chi connectivity index (χ2n) is 6.60. The number of hydrogen-bond acceptors (Lipinski definition) is 3. The van der Waals surface area contributed by atoms with E-state index in [1.54, 1.807) is 12.1 Å². The van der Waals surface area contributed by atoms with Crippen molar-refractivity contribution >= 4 is 28.8 Å². The van der Waals surface area contributed by atoms with Crippen molar-refractivity contribution in [2.75, 3.05) is 12.0 Å². The van der Waals surface area contributed by atoms with Crippen LogP contribution < -0.4 is 4.90 Å². The topological polar surface area (TPSA) is 46.6 Å². The van der Waals surface area contributed by atoms with Gasteiger partial charge in [-0.2, -0.15) is 0 Å². The van der Waals surface area contributed by atoms with Gasteiger partial charge in [-0.15, -0.1) is 0 Å². The summed E-state index contributed by atoms with van der Waals surface area (Å²) in [5, 5.41) is 0. The van der Waals surface area contributed by atoms with Gasteiger partial charge in [0.1, 0.15) is 17.4 Å². The fourth-order valence-corrected chi connectivity index (χ4v) is 3.22. The predicted molar refractivity (Wildman–Crippen MR) is 98.9 cm³/mol. The van der Waals surface area contributed by atoms with Crippen molar-refractivity contribution < 1.29 is 23.1 Å². The summed E-state index contributed by atoms with van der Waals surface area (Å²) >= 11 is 0. The number of ether oxygens (including phenoxy) is 1. The molecule has 2 amide bonds. The van der Waals surface area contributed by atoms with E-state index in [0.717, 1.165) is 22.6 Å². The quantitative estimate of drug-likeness (QED) is 0.590. The molecule has 1 heterocycles. The fourth-order valence-electron chi connectivity index (χ4n) is 3.22. The average Bonchev–Trinajstić information content (AvgIpc) is 2.89. The van der Waals surface area contributed by atoms with Crippen LogP contribution in [0.5, 0.6) is 0 Å². The Balaban J connectivity index is 2.38. The lowest BCUT2D eigenvalue weighted by atomic mass is 9.95. The molecule has 0 bridgehead atoms. The fraction of sp³-hybridized carbons (Fsp3) is 0.238. The SMILES string of the molecule is CO/C(=C1\C(=O)N(C(C)=O)c2ccc(C(C)C)cc21)c1c(F)cccc1F. The first-order valence-electron chi connectivity index (χ1n) is 8.49. The highest BCUT2D eigenvalue weighted by molar-refractivity contribution is 6.42. The Morgan fingerprint density at radius 2 is 1.74 bits per heavy atom. The first kappa shape index (κ1) is 18.8. The van der Waals surface area contributed by atoms with Gasteiger partial charge < -0.3 is 4.74 Å². The van der Waals surface area contributed by atoms with Gasteiger partial charge in [-0.1, -0.05) is 26.0 Å². The van der Waals surface area contributed by atoms with E-state index in [1.807, 2.05) is 19.9 Å². The van der Waals surface area contributed by atoms with Crippen LogP contribution >= 0.6 is 0 Å². The summed E-state index contributed by atoms with van der Waals surface area (Å²) in [6, 6.07) is 8.66. The molecule has 2 aromatic carbocycles. The molecule has 6 heteroatoms. The van der Waals surface area contributed by atoms with Crippen molar-refractivity contribution in [1.82, 2.24) is 0 Å². The monoisotopic (exact) mass is 371 g/mol. The van der Waals surface area contributed by atoms with E-state index in [1.165, 1.54) is 20.1 Å². The highest BCUT2D eigenvalue weighted by Gasteiger charge is 2.39. The molecular weight excluding hydrogens is 352 g/mol.